The van der Waals surface area contributed by atoms with Crippen LogP contribution >= 0.6 is 11.6 Å². The van der Waals surface area contributed by atoms with Crippen LogP contribution in [0.1, 0.15) is 12.5 Å². The summed E-state index contributed by atoms with van der Waals surface area (Å²) >= 11 is 6.13. The molecule has 33 heavy (non-hydrogen) atoms. The second kappa shape index (κ2) is 10.6. The summed E-state index contributed by atoms with van der Waals surface area (Å²) in [5.41, 5.74) is 1.74. The normalized spacial score (nSPS) is 15.5. The zero-order valence-electron chi connectivity index (χ0n) is 19.0. The topological polar surface area (TPSA) is 106 Å². The number of rotatable bonds is 8. The lowest BCUT2D eigenvalue weighted by Crippen LogP contribution is -2.40. The predicted octanol–water partition coefficient (Wildman–Crippen LogP) is 3.13. The number of amides is 1. The number of carbonyl (C=O) groups excluding carboxylic acids is 1. The summed E-state index contributed by atoms with van der Waals surface area (Å²) in [6.45, 7) is 4.71. The summed E-state index contributed by atoms with van der Waals surface area (Å²) in [6, 6.07) is 7.38. The van der Waals surface area contributed by atoms with E-state index in [4.69, 9.17) is 25.8 Å². The van der Waals surface area contributed by atoms with Gasteiger partial charge in [-0.3, -0.25) is 4.79 Å². The lowest BCUT2D eigenvalue weighted by molar-refractivity contribution is -0.116. The van der Waals surface area contributed by atoms with Crippen molar-refractivity contribution >= 4 is 38.9 Å². The molecule has 1 atom stereocenters. The van der Waals surface area contributed by atoms with Crippen LogP contribution in [0.25, 0.3) is 0 Å². The molecule has 9 nitrogen and oxygen atoms in total. The van der Waals surface area contributed by atoms with Gasteiger partial charge in [0.2, 0.25) is 15.9 Å². The first kappa shape index (κ1) is 25.1. The second-order valence-corrected chi connectivity index (χ2v) is 9.85. The highest BCUT2D eigenvalue weighted by Gasteiger charge is 2.30. The molecule has 1 saturated heterocycles. The van der Waals surface area contributed by atoms with Crippen LogP contribution in [0.3, 0.4) is 0 Å². The number of carbonyl (C=O) groups is 1. The number of ether oxygens (including phenoxy) is 3. The van der Waals surface area contributed by atoms with Crippen molar-refractivity contribution in [3.05, 3.63) is 40.9 Å². The van der Waals surface area contributed by atoms with Crippen molar-refractivity contribution in [3.8, 4) is 11.5 Å². The summed E-state index contributed by atoms with van der Waals surface area (Å²) in [6.07, 6.45) is 0. The molecule has 1 fully saturated rings. The third kappa shape index (κ3) is 5.70. The number of nitrogens with zero attached hydrogens (tertiary/aromatic N) is 1. The van der Waals surface area contributed by atoms with Crippen LogP contribution in [0.4, 0.5) is 11.4 Å². The first-order valence-corrected chi connectivity index (χ1v) is 12.2. The van der Waals surface area contributed by atoms with E-state index in [2.05, 4.69) is 10.6 Å². The van der Waals surface area contributed by atoms with Gasteiger partial charge in [0.1, 0.15) is 22.4 Å². The second-order valence-electron chi connectivity index (χ2n) is 7.54. The van der Waals surface area contributed by atoms with Crippen LogP contribution in [0.15, 0.2) is 35.2 Å². The molecule has 1 aliphatic heterocycles. The highest BCUT2D eigenvalue weighted by molar-refractivity contribution is 7.89. The van der Waals surface area contributed by atoms with Crippen LogP contribution in [-0.2, 0) is 19.6 Å². The van der Waals surface area contributed by atoms with E-state index >= 15 is 0 Å². The van der Waals surface area contributed by atoms with Gasteiger partial charge < -0.3 is 24.8 Å². The highest BCUT2D eigenvalue weighted by atomic mass is 35.5. The Morgan fingerprint density at radius 2 is 1.79 bits per heavy atom. The van der Waals surface area contributed by atoms with Gasteiger partial charge in [0, 0.05) is 29.9 Å². The summed E-state index contributed by atoms with van der Waals surface area (Å²) in [4.78, 5) is 12.8. The SMILES string of the molecule is COc1cc(Cl)c(C)cc1NC(=O)[C@@H](C)Nc1ccc(OC)c(S(=O)(=O)N2CCOCC2)c1. The van der Waals surface area contributed by atoms with Crippen molar-refractivity contribution in [2.24, 2.45) is 0 Å². The molecular weight excluding hydrogens is 470 g/mol. The number of hydrogen-bond acceptors (Lipinski definition) is 7. The number of hydrogen-bond donors (Lipinski definition) is 2. The number of sulfonamides is 1. The van der Waals surface area contributed by atoms with Crippen LogP contribution in [0.5, 0.6) is 11.5 Å². The molecule has 0 aliphatic carbocycles. The fraction of sp³-hybridized carbons (Fsp3) is 0.409. The van der Waals surface area contributed by atoms with Crippen molar-refractivity contribution in [1.82, 2.24) is 4.31 Å². The molecule has 0 bridgehead atoms. The average molecular weight is 498 g/mol. The largest absolute Gasteiger partial charge is 0.495 e. The fourth-order valence-corrected chi connectivity index (χ4v) is 5.12. The lowest BCUT2D eigenvalue weighted by Gasteiger charge is -2.27. The molecule has 0 unspecified atom stereocenters. The number of aryl methyl sites for hydroxylation is 1. The molecule has 180 valence electrons. The van der Waals surface area contributed by atoms with Crippen LogP contribution in [0.2, 0.25) is 5.02 Å². The van der Waals surface area contributed by atoms with Gasteiger partial charge in [-0.15, -0.1) is 0 Å². The quantitative estimate of drug-likeness (QED) is 0.577. The molecule has 1 heterocycles. The first-order chi connectivity index (χ1) is 15.7. The third-order valence-corrected chi connectivity index (χ3v) is 7.59. The van der Waals surface area contributed by atoms with E-state index in [1.165, 1.54) is 24.6 Å². The Labute approximate surface area is 199 Å². The number of halogens is 1. The Bertz CT molecular complexity index is 1120. The van der Waals surface area contributed by atoms with Crippen LogP contribution in [0, 0.1) is 6.92 Å². The van der Waals surface area contributed by atoms with Crippen molar-refractivity contribution in [2.75, 3.05) is 51.2 Å². The molecule has 0 aromatic heterocycles. The van der Waals surface area contributed by atoms with Gasteiger partial charge >= 0.3 is 0 Å². The molecule has 0 spiro atoms. The van der Waals surface area contributed by atoms with E-state index in [1.54, 1.807) is 31.2 Å². The van der Waals surface area contributed by atoms with Crippen molar-refractivity contribution in [3.63, 3.8) is 0 Å². The number of benzene rings is 2. The maximum Gasteiger partial charge on any atom is 0.246 e. The Morgan fingerprint density at radius 1 is 1.12 bits per heavy atom. The molecule has 2 aromatic rings. The smallest absolute Gasteiger partial charge is 0.246 e. The summed E-state index contributed by atoms with van der Waals surface area (Å²) < 4.78 is 43.5. The van der Waals surface area contributed by atoms with Gasteiger partial charge in [-0.25, -0.2) is 8.42 Å². The van der Waals surface area contributed by atoms with Gasteiger partial charge in [-0.2, -0.15) is 4.31 Å². The lowest BCUT2D eigenvalue weighted by atomic mass is 10.2. The third-order valence-electron chi connectivity index (χ3n) is 5.27. The zero-order valence-corrected chi connectivity index (χ0v) is 20.5. The minimum absolute atomic E-state index is 0.0273. The number of nitrogens with one attached hydrogen (secondary N) is 2. The van der Waals surface area contributed by atoms with Gasteiger partial charge in [-0.05, 0) is 43.7 Å². The van der Waals surface area contributed by atoms with Gasteiger partial charge in [0.25, 0.3) is 0 Å². The Kier molecular flexibility index (Phi) is 8.06. The Hall–Kier alpha value is -2.53. The maximum atomic E-state index is 13.2. The zero-order chi connectivity index (χ0) is 24.2. The molecule has 1 aliphatic rings. The van der Waals surface area contributed by atoms with E-state index in [-0.39, 0.29) is 29.6 Å². The van der Waals surface area contributed by atoms with Gasteiger partial charge in [0.15, 0.2) is 0 Å². The summed E-state index contributed by atoms with van der Waals surface area (Å²) in [7, 11) is -0.884. The van der Waals surface area contributed by atoms with Crippen molar-refractivity contribution < 1.29 is 27.4 Å². The summed E-state index contributed by atoms with van der Waals surface area (Å²) in [5.74, 6) is 0.337. The molecule has 2 aromatic carbocycles. The monoisotopic (exact) mass is 497 g/mol. The van der Waals surface area contributed by atoms with E-state index in [0.29, 0.717) is 35.4 Å². The molecular formula is C22H28ClN3O6S. The van der Waals surface area contributed by atoms with E-state index in [0.717, 1.165) is 5.56 Å². The molecule has 0 saturated carbocycles. The molecule has 11 heteroatoms. The first-order valence-electron chi connectivity index (χ1n) is 10.3. The van der Waals surface area contributed by atoms with Crippen LogP contribution < -0.4 is 20.1 Å². The highest BCUT2D eigenvalue weighted by Crippen LogP contribution is 2.32. The van der Waals surface area contributed by atoms with E-state index in [1.807, 2.05) is 6.92 Å². The van der Waals surface area contributed by atoms with Crippen molar-refractivity contribution in [2.45, 2.75) is 24.8 Å². The summed E-state index contributed by atoms with van der Waals surface area (Å²) in [5, 5.41) is 6.40. The van der Waals surface area contributed by atoms with E-state index in [9.17, 15) is 13.2 Å². The van der Waals surface area contributed by atoms with Crippen molar-refractivity contribution in [1.29, 1.82) is 0 Å². The fourth-order valence-electron chi connectivity index (χ4n) is 3.38. The number of anilines is 2. The number of morpholine rings is 1. The van der Waals surface area contributed by atoms with E-state index < -0.39 is 16.1 Å². The Balaban J connectivity index is 1.80. The Morgan fingerprint density at radius 3 is 2.42 bits per heavy atom. The maximum absolute atomic E-state index is 13.2. The standard InChI is InChI=1S/C22H28ClN3O6S/c1-14-11-18(20(31-4)13-17(14)23)25-22(27)15(2)24-16-5-6-19(30-3)21(12-16)33(28,29)26-7-9-32-10-8-26/h5-6,11-13,15,24H,7-10H2,1-4H3,(H,25,27)/t15-/m1/s1. The molecule has 3 rings (SSSR count). The molecule has 1 amide bonds. The predicted molar refractivity (Wildman–Crippen MR) is 127 cm³/mol. The van der Waals surface area contributed by atoms with Gasteiger partial charge in [-0.1, -0.05) is 11.6 Å². The minimum atomic E-state index is -3.79. The van der Waals surface area contributed by atoms with Crippen LogP contribution in [-0.4, -0.2) is 65.2 Å². The molecule has 2 N–H and O–H groups in total. The average Bonchev–Trinajstić information content (AvgIpc) is 2.81. The number of methoxy groups -OCH3 is 2. The minimum Gasteiger partial charge on any atom is -0.495 e. The van der Waals surface area contributed by atoms with Gasteiger partial charge in [0.05, 0.1) is 33.1 Å². The molecule has 0 radical (unpaired) electrons.